The van der Waals surface area contributed by atoms with E-state index in [1.165, 1.54) is 5.56 Å². The summed E-state index contributed by atoms with van der Waals surface area (Å²) >= 11 is 0. The summed E-state index contributed by atoms with van der Waals surface area (Å²) in [6.07, 6.45) is 4.97. The summed E-state index contributed by atoms with van der Waals surface area (Å²) in [6, 6.07) is 23.9. The Morgan fingerprint density at radius 1 is 0.909 bits per heavy atom. The van der Waals surface area contributed by atoms with Crippen LogP contribution in [-0.4, -0.2) is 57.8 Å². The molecule has 4 aromatic rings. The largest absolute Gasteiger partial charge is 0.487 e. The number of amides is 1. The van der Waals surface area contributed by atoms with Crippen LogP contribution in [-0.2, 0) is 13.0 Å². The molecule has 33 heavy (non-hydrogen) atoms. The second-order valence-corrected chi connectivity index (χ2v) is 8.38. The second kappa shape index (κ2) is 9.88. The van der Waals surface area contributed by atoms with Crippen molar-refractivity contribution in [2.24, 2.45) is 0 Å². The SMILES string of the molecule is O=C(c1cccc(OCc2cn3ccccc3n2)c1)N1CCN(CCc2ccccc2)CC1. The smallest absolute Gasteiger partial charge is 0.254 e. The fraction of sp³-hybridized carbons (Fsp3) is 0.259. The summed E-state index contributed by atoms with van der Waals surface area (Å²) in [5.41, 5.74) is 3.77. The van der Waals surface area contributed by atoms with E-state index in [1.807, 2.05) is 70.2 Å². The number of rotatable bonds is 7. The average molecular weight is 441 g/mol. The van der Waals surface area contributed by atoms with Crippen molar-refractivity contribution in [2.75, 3.05) is 32.7 Å². The highest BCUT2D eigenvalue weighted by atomic mass is 16.5. The molecule has 3 heterocycles. The fourth-order valence-corrected chi connectivity index (χ4v) is 4.22. The zero-order chi connectivity index (χ0) is 22.5. The Balaban J connectivity index is 1.14. The predicted molar refractivity (Wildman–Crippen MR) is 128 cm³/mol. The molecule has 0 saturated carbocycles. The van der Waals surface area contributed by atoms with Crippen LogP contribution in [0.25, 0.3) is 5.65 Å². The van der Waals surface area contributed by atoms with Gasteiger partial charge in [0, 0.05) is 50.7 Å². The van der Waals surface area contributed by atoms with E-state index in [1.54, 1.807) is 0 Å². The summed E-state index contributed by atoms with van der Waals surface area (Å²) in [5.74, 6) is 0.746. The van der Waals surface area contributed by atoms with Gasteiger partial charge < -0.3 is 14.0 Å². The molecule has 168 valence electrons. The fourth-order valence-electron chi connectivity index (χ4n) is 4.22. The Hall–Kier alpha value is -3.64. The molecule has 6 nitrogen and oxygen atoms in total. The van der Waals surface area contributed by atoms with Crippen molar-refractivity contribution in [1.82, 2.24) is 19.2 Å². The van der Waals surface area contributed by atoms with E-state index in [0.29, 0.717) is 17.9 Å². The first-order valence-electron chi connectivity index (χ1n) is 11.5. The number of carbonyl (C=O) groups excluding carboxylic acids is 1. The quantitative estimate of drug-likeness (QED) is 0.437. The number of pyridine rings is 1. The van der Waals surface area contributed by atoms with Crippen LogP contribution < -0.4 is 4.74 Å². The first-order valence-corrected chi connectivity index (χ1v) is 11.5. The van der Waals surface area contributed by atoms with Gasteiger partial charge in [-0.2, -0.15) is 0 Å². The number of benzene rings is 2. The number of aromatic nitrogens is 2. The number of fused-ring (bicyclic) bond motifs is 1. The van der Waals surface area contributed by atoms with Crippen LogP contribution in [0.4, 0.5) is 0 Å². The lowest BCUT2D eigenvalue weighted by atomic mass is 10.1. The zero-order valence-electron chi connectivity index (χ0n) is 18.6. The number of nitrogens with zero attached hydrogens (tertiary/aromatic N) is 4. The lowest BCUT2D eigenvalue weighted by Gasteiger charge is -2.34. The molecular weight excluding hydrogens is 412 g/mol. The van der Waals surface area contributed by atoms with E-state index in [4.69, 9.17) is 4.74 Å². The van der Waals surface area contributed by atoms with Gasteiger partial charge in [0.2, 0.25) is 0 Å². The Morgan fingerprint density at radius 3 is 2.55 bits per heavy atom. The summed E-state index contributed by atoms with van der Waals surface area (Å²) in [6.45, 7) is 4.70. The van der Waals surface area contributed by atoms with Crippen molar-refractivity contribution >= 4 is 11.6 Å². The van der Waals surface area contributed by atoms with Crippen LogP contribution in [0.2, 0.25) is 0 Å². The van der Waals surface area contributed by atoms with Gasteiger partial charge in [0.15, 0.2) is 0 Å². The minimum atomic E-state index is 0.0656. The third-order valence-corrected chi connectivity index (χ3v) is 6.10. The first-order chi connectivity index (χ1) is 16.2. The molecular formula is C27H28N4O2. The molecule has 2 aromatic heterocycles. The Morgan fingerprint density at radius 2 is 1.73 bits per heavy atom. The molecule has 0 N–H and O–H groups in total. The van der Waals surface area contributed by atoms with Gasteiger partial charge in [0.25, 0.3) is 5.91 Å². The van der Waals surface area contributed by atoms with Gasteiger partial charge in [-0.15, -0.1) is 0 Å². The van der Waals surface area contributed by atoms with Crippen LogP contribution >= 0.6 is 0 Å². The van der Waals surface area contributed by atoms with E-state index in [2.05, 4.69) is 34.1 Å². The molecule has 0 atom stereocenters. The summed E-state index contributed by atoms with van der Waals surface area (Å²) in [7, 11) is 0. The number of hydrogen-bond donors (Lipinski definition) is 0. The predicted octanol–water partition coefficient (Wildman–Crippen LogP) is 3.91. The third kappa shape index (κ3) is 5.23. The molecule has 6 heteroatoms. The first kappa shape index (κ1) is 21.2. The molecule has 1 fully saturated rings. The molecule has 0 unspecified atom stereocenters. The number of piperazine rings is 1. The molecule has 0 radical (unpaired) electrons. The van der Waals surface area contributed by atoms with E-state index < -0.39 is 0 Å². The number of imidazole rings is 1. The Bertz CT molecular complexity index is 1180. The van der Waals surface area contributed by atoms with Crippen LogP contribution in [0.3, 0.4) is 0 Å². The van der Waals surface area contributed by atoms with Gasteiger partial charge in [-0.25, -0.2) is 4.98 Å². The van der Waals surface area contributed by atoms with Gasteiger partial charge in [-0.3, -0.25) is 9.69 Å². The molecule has 1 saturated heterocycles. The van der Waals surface area contributed by atoms with Crippen LogP contribution in [0.5, 0.6) is 5.75 Å². The monoisotopic (exact) mass is 440 g/mol. The van der Waals surface area contributed by atoms with Crippen LogP contribution in [0.15, 0.2) is 85.2 Å². The lowest BCUT2D eigenvalue weighted by molar-refractivity contribution is 0.0638. The van der Waals surface area contributed by atoms with E-state index in [9.17, 15) is 4.79 Å². The lowest BCUT2D eigenvalue weighted by Crippen LogP contribution is -2.49. The highest BCUT2D eigenvalue weighted by Crippen LogP contribution is 2.18. The molecule has 0 aliphatic carbocycles. The standard InChI is InChI=1S/C27H28N4O2/c32-27(30-17-15-29(16-18-30)14-12-22-7-2-1-3-8-22)23-9-6-10-25(19-23)33-21-24-20-31-13-5-4-11-26(31)28-24/h1-11,13,19-20H,12,14-18,21H2. The maximum atomic E-state index is 13.1. The number of carbonyl (C=O) groups is 1. The normalized spacial score (nSPS) is 14.5. The van der Waals surface area contributed by atoms with Crippen LogP contribution in [0, 0.1) is 0 Å². The maximum Gasteiger partial charge on any atom is 0.254 e. The molecule has 1 aliphatic rings. The Labute approximate surface area is 194 Å². The molecule has 2 aromatic carbocycles. The van der Waals surface area contributed by atoms with Crippen molar-refractivity contribution in [3.8, 4) is 5.75 Å². The molecule has 1 amide bonds. The summed E-state index contributed by atoms with van der Waals surface area (Å²) in [5, 5.41) is 0. The van der Waals surface area contributed by atoms with Gasteiger partial charge in [-0.05, 0) is 42.3 Å². The van der Waals surface area contributed by atoms with Gasteiger partial charge in [0.1, 0.15) is 18.0 Å². The van der Waals surface area contributed by atoms with Crippen molar-refractivity contribution in [3.05, 3.63) is 102 Å². The highest BCUT2D eigenvalue weighted by Gasteiger charge is 2.22. The maximum absolute atomic E-state index is 13.1. The molecule has 1 aliphatic heterocycles. The number of ether oxygens (including phenoxy) is 1. The van der Waals surface area contributed by atoms with E-state index in [0.717, 1.165) is 50.5 Å². The van der Waals surface area contributed by atoms with Gasteiger partial charge in [-0.1, -0.05) is 42.5 Å². The van der Waals surface area contributed by atoms with Crippen molar-refractivity contribution in [1.29, 1.82) is 0 Å². The minimum absolute atomic E-state index is 0.0656. The molecule has 0 spiro atoms. The second-order valence-electron chi connectivity index (χ2n) is 8.38. The van der Waals surface area contributed by atoms with Crippen molar-refractivity contribution < 1.29 is 9.53 Å². The average Bonchev–Trinajstić information content (AvgIpc) is 3.30. The van der Waals surface area contributed by atoms with E-state index >= 15 is 0 Å². The number of hydrogen-bond acceptors (Lipinski definition) is 4. The minimum Gasteiger partial charge on any atom is -0.487 e. The third-order valence-electron chi connectivity index (χ3n) is 6.10. The Kier molecular flexibility index (Phi) is 6.35. The highest BCUT2D eigenvalue weighted by molar-refractivity contribution is 5.94. The van der Waals surface area contributed by atoms with Crippen LogP contribution in [0.1, 0.15) is 21.6 Å². The molecule has 5 rings (SSSR count). The zero-order valence-corrected chi connectivity index (χ0v) is 18.6. The van der Waals surface area contributed by atoms with Gasteiger partial charge in [0.05, 0.1) is 5.69 Å². The van der Waals surface area contributed by atoms with Gasteiger partial charge >= 0.3 is 0 Å². The van der Waals surface area contributed by atoms with E-state index in [-0.39, 0.29) is 5.91 Å². The molecule has 0 bridgehead atoms. The summed E-state index contributed by atoms with van der Waals surface area (Å²) in [4.78, 5) is 22.0. The topological polar surface area (TPSA) is 50.1 Å². The van der Waals surface area contributed by atoms with Crippen molar-refractivity contribution in [3.63, 3.8) is 0 Å². The van der Waals surface area contributed by atoms with Crippen molar-refractivity contribution in [2.45, 2.75) is 13.0 Å². The summed E-state index contributed by atoms with van der Waals surface area (Å²) < 4.78 is 7.91.